The highest BCUT2D eigenvalue weighted by atomic mass is 16.6. The second-order valence-corrected chi connectivity index (χ2v) is 4.94. The van der Waals surface area contributed by atoms with E-state index in [0.717, 1.165) is 0 Å². The molecular formula is C11H18O4. The van der Waals surface area contributed by atoms with Crippen molar-refractivity contribution >= 4 is 11.9 Å². The van der Waals surface area contributed by atoms with Crippen molar-refractivity contribution in [3.63, 3.8) is 0 Å². The Kier molecular flexibility index (Phi) is 3.37. The van der Waals surface area contributed by atoms with Crippen LogP contribution < -0.4 is 0 Å². The number of carbonyl (C=O) groups is 2. The zero-order valence-corrected chi connectivity index (χ0v) is 9.70. The average molecular weight is 214 g/mol. The molecule has 0 saturated carbocycles. The first kappa shape index (κ1) is 12.0. The van der Waals surface area contributed by atoms with Gasteiger partial charge in [0, 0.05) is 6.42 Å². The fourth-order valence-corrected chi connectivity index (χ4v) is 1.88. The van der Waals surface area contributed by atoms with E-state index in [0.29, 0.717) is 12.8 Å². The van der Waals surface area contributed by atoms with E-state index in [2.05, 4.69) is 0 Å². The topological polar surface area (TPSA) is 52.6 Å². The lowest BCUT2D eigenvalue weighted by Crippen LogP contribution is -2.45. The highest BCUT2D eigenvalue weighted by Crippen LogP contribution is 2.35. The molecule has 0 spiro atoms. The summed E-state index contributed by atoms with van der Waals surface area (Å²) in [5.74, 6) is -0.842. The van der Waals surface area contributed by atoms with Crippen molar-refractivity contribution in [2.75, 3.05) is 7.11 Å². The van der Waals surface area contributed by atoms with E-state index in [-0.39, 0.29) is 29.4 Å². The lowest BCUT2D eigenvalue weighted by atomic mass is 9.78. The van der Waals surface area contributed by atoms with Gasteiger partial charge in [-0.15, -0.1) is 0 Å². The van der Waals surface area contributed by atoms with Crippen molar-refractivity contribution in [3.05, 3.63) is 0 Å². The molecule has 0 radical (unpaired) electrons. The van der Waals surface area contributed by atoms with E-state index < -0.39 is 0 Å². The third kappa shape index (κ3) is 2.70. The van der Waals surface area contributed by atoms with Crippen LogP contribution in [0.5, 0.6) is 0 Å². The van der Waals surface area contributed by atoms with Gasteiger partial charge in [-0.3, -0.25) is 9.59 Å². The molecule has 0 aromatic carbocycles. The minimum absolute atomic E-state index is 0.227. The SMILES string of the molecule is COC(=O)[C@@H]1CCC(=O)O[C@H]1C(C)(C)C. The standard InChI is InChI=1S/C11H18O4/c1-11(2,3)9-7(10(13)14-4)5-6-8(12)15-9/h7,9H,5-6H2,1-4H3/t7-,9-/m1/s1. The van der Waals surface area contributed by atoms with Crippen molar-refractivity contribution in [1.29, 1.82) is 0 Å². The largest absolute Gasteiger partial charge is 0.469 e. The molecule has 0 bridgehead atoms. The highest BCUT2D eigenvalue weighted by molar-refractivity contribution is 5.77. The smallest absolute Gasteiger partial charge is 0.312 e. The summed E-state index contributed by atoms with van der Waals surface area (Å²) in [7, 11) is 1.36. The normalized spacial score (nSPS) is 27.1. The third-order valence-corrected chi connectivity index (χ3v) is 2.64. The van der Waals surface area contributed by atoms with Crippen LogP contribution in [0.2, 0.25) is 0 Å². The quantitative estimate of drug-likeness (QED) is 0.621. The first-order valence-electron chi connectivity index (χ1n) is 5.13. The van der Waals surface area contributed by atoms with Crippen LogP contribution in [0.15, 0.2) is 0 Å². The molecule has 0 N–H and O–H groups in total. The molecule has 0 aromatic heterocycles. The summed E-state index contributed by atoms with van der Waals surface area (Å²) in [4.78, 5) is 22.7. The predicted molar refractivity (Wildman–Crippen MR) is 54.1 cm³/mol. The molecule has 1 rings (SSSR count). The first-order valence-corrected chi connectivity index (χ1v) is 5.13. The molecule has 1 heterocycles. The molecule has 4 nitrogen and oxygen atoms in total. The van der Waals surface area contributed by atoms with Gasteiger partial charge >= 0.3 is 11.9 Å². The van der Waals surface area contributed by atoms with Crippen LogP contribution in [0.4, 0.5) is 0 Å². The van der Waals surface area contributed by atoms with Gasteiger partial charge in [0.1, 0.15) is 6.10 Å². The Morgan fingerprint density at radius 2 is 2.07 bits per heavy atom. The average Bonchev–Trinajstić information content (AvgIpc) is 2.15. The summed E-state index contributed by atoms with van der Waals surface area (Å²) in [5, 5.41) is 0. The summed E-state index contributed by atoms with van der Waals surface area (Å²) in [5.41, 5.74) is -0.241. The summed E-state index contributed by atoms with van der Waals surface area (Å²) in [6, 6.07) is 0. The summed E-state index contributed by atoms with van der Waals surface area (Å²) < 4.78 is 9.97. The molecule has 1 fully saturated rings. The Labute approximate surface area is 89.9 Å². The van der Waals surface area contributed by atoms with Crippen LogP contribution in [0.25, 0.3) is 0 Å². The second-order valence-electron chi connectivity index (χ2n) is 4.94. The zero-order valence-electron chi connectivity index (χ0n) is 9.70. The van der Waals surface area contributed by atoms with Crippen LogP contribution in [0.1, 0.15) is 33.6 Å². The number of esters is 2. The maximum absolute atomic E-state index is 11.5. The van der Waals surface area contributed by atoms with Crippen molar-refractivity contribution < 1.29 is 19.1 Å². The van der Waals surface area contributed by atoms with E-state index in [9.17, 15) is 9.59 Å². The molecule has 2 atom stereocenters. The summed E-state index contributed by atoms with van der Waals surface area (Å²) >= 11 is 0. The van der Waals surface area contributed by atoms with Crippen molar-refractivity contribution in [1.82, 2.24) is 0 Å². The molecule has 0 aromatic rings. The summed E-state index contributed by atoms with van der Waals surface area (Å²) in [6.07, 6.45) is 0.436. The molecule has 0 unspecified atom stereocenters. The van der Waals surface area contributed by atoms with Gasteiger partial charge in [-0.25, -0.2) is 0 Å². The molecule has 4 heteroatoms. The fraction of sp³-hybridized carbons (Fsp3) is 0.818. The number of hydrogen-bond donors (Lipinski definition) is 0. The summed E-state index contributed by atoms with van der Waals surface area (Å²) in [6.45, 7) is 5.85. The Balaban J connectivity index is 2.84. The van der Waals surface area contributed by atoms with Gasteiger partial charge in [0.2, 0.25) is 0 Å². The molecule has 0 aliphatic carbocycles. The van der Waals surface area contributed by atoms with E-state index in [4.69, 9.17) is 9.47 Å². The molecule has 86 valence electrons. The van der Waals surface area contributed by atoms with Crippen LogP contribution >= 0.6 is 0 Å². The Morgan fingerprint density at radius 3 is 2.53 bits per heavy atom. The monoisotopic (exact) mass is 214 g/mol. The minimum atomic E-state index is -0.383. The van der Waals surface area contributed by atoms with Gasteiger partial charge in [0.25, 0.3) is 0 Å². The van der Waals surface area contributed by atoms with Gasteiger partial charge in [-0.1, -0.05) is 20.8 Å². The third-order valence-electron chi connectivity index (χ3n) is 2.64. The van der Waals surface area contributed by atoms with Crippen LogP contribution in [0.3, 0.4) is 0 Å². The van der Waals surface area contributed by atoms with E-state index in [1.54, 1.807) is 0 Å². The van der Waals surface area contributed by atoms with Crippen LogP contribution in [-0.4, -0.2) is 25.2 Å². The fourth-order valence-electron chi connectivity index (χ4n) is 1.88. The lowest BCUT2D eigenvalue weighted by Gasteiger charge is -2.37. The molecule has 1 aliphatic heterocycles. The zero-order chi connectivity index (χ0) is 11.6. The molecule has 15 heavy (non-hydrogen) atoms. The van der Waals surface area contributed by atoms with Crippen LogP contribution in [-0.2, 0) is 19.1 Å². The maximum Gasteiger partial charge on any atom is 0.312 e. The number of ether oxygens (including phenoxy) is 2. The number of rotatable bonds is 1. The molecule has 1 saturated heterocycles. The van der Waals surface area contributed by atoms with Gasteiger partial charge < -0.3 is 9.47 Å². The Morgan fingerprint density at radius 1 is 1.47 bits per heavy atom. The molecule has 0 amide bonds. The molecular weight excluding hydrogens is 196 g/mol. The van der Waals surface area contributed by atoms with E-state index >= 15 is 0 Å². The van der Waals surface area contributed by atoms with Gasteiger partial charge in [-0.05, 0) is 11.8 Å². The lowest BCUT2D eigenvalue weighted by molar-refractivity contribution is -0.176. The highest BCUT2D eigenvalue weighted by Gasteiger charge is 2.43. The minimum Gasteiger partial charge on any atom is -0.469 e. The van der Waals surface area contributed by atoms with Crippen molar-refractivity contribution in [3.8, 4) is 0 Å². The number of methoxy groups -OCH3 is 1. The van der Waals surface area contributed by atoms with Crippen LogP contribution in [0, 0.1) is 11.3 Å². The van der Waals surface area contributed by atoms with Gasteiger partial charge in [0.05, 0.1) is 13.0 Å². The number of cyclic esters (lactones) is 1. The second kappa shape index (κ2) is 4.21. The van der Waals surface area contributed by atoms with Gasteiger partial charge in [-0.2, -0.15) is 0 Å². The maximum atomic E-state index is 11.5. The Hall–Kier alpha value is -1.06. The van der Waals surface area contributed by atoms with E-state index in [1.807, 2.05) is 20.8 Å². The Bertz CT molecular complexity index is 264. The first-order chi connectivity index (χ1) is 6.86. The van der Waals surface area contributed by atoms with Crippen molar-refractivity contribution in [2.45, 2.75) is 39.7 Å². The molecule has 1 aliphatic rings. The predicted octanol–water partition coefficient (Wildman–Crippen LogP) is 1.53. The number of hydrogen-bond acceptors (Lipinski definition) is 4. The van der Waals surface area contributed by atoms with E-state index in [1.165, 1.54) is 7.11 Å². The number of carbonyl (C=O) groups excluding carboxylic acids is 2. The van der Waals surface area contributed by atoms with Gasteiger partial charge in [0.15, 0.2) is 0 Å². The van der Waals surface area contributed by atoms with Crippen molar-refractivity contribution in [2.24, 2.45) is 11.3 Å².